The Labute approximate surface area is 151 Å². The summed E-state index contributed by atoms with van der Waals surface area (Å²) >= 11 is 0. The van der Waals surface area contributed by atoms with E-state index >= 15 is 0 Å². The van der Waals surface area contributed by atoms with Gasteiger partial charge in [-0.3, -0.25) is 4.39 Å². The van der Waals surface area contributed by atoms with Gasteiger partial charge in [0.2, 0.25) is 0 Å². The second kappa shape index (κ2) is 7.44. The zero-order valence-corrected chi connectivity index (χ0v) is 15.7. The lowest BCUT2D eigenvalue weighted by Gasteiger charge is -2.51. The lowest BCUT2D eigenvalue weighted by molar-refractivity contribution is 0.0211. The molecular weight excluding hydrogens is 311 g/mol. The smallest absolute Gasteiger partial charge is 0.0992 e. The van der Waals surface area contributed by atoms with Gasteiger partial charge in [-0.2, -0.15) is 5.26 Å². The number of aryl methyl sites for hydroxylation is 1. The van der Waals surface area contributed by atoms with Gasteiger partial charge in [0.05, 0.1) is 18.3 Å². The van der Waals surface area contributed by atoms with E-state index in [0.717, 1.165) is 31.4 Å². The molecule has 1 aliphatic carbocycles. The number of alkyl halides is 1. The molecule has 3 heteroatoms. The van der Waals surface area contributed by atoms with Gasteiger partial charge >= 0.3 is 0 Å². The van der Waals surface area contributed by atoms with Crippen LogP contribution in [0.4, 0.5) is 10.1 Å². The summed E-state index contributed by atoms with van der Waals surface area (Å²) < 4.78 is 14.0. The summed E-state index contributed by atoms with van der Waals surface area (Å²) in [6, 6.07) is 7.97. The molecule has 0 radical (unpaired) electrons. The molecule has 2 atom stereocenters. The molecule has 0 aromatic heterocycles. The number of anilines is 1. The van der Waals surface area contributed by atoms with Crippen molar-refractivity contribution in [3.63, 3.8) is 0 Å². The Morgan fingerprint density at radius 1 is 1.36 bits per heavy atom. The zero-order chi connectivity index (χ0) is 18.7. The van der Waals surface area contributed by atoms with E-state index in [1.54, 1.807) is 6.20 Å². The molecule has 2 unspecified atom stereocenters. The molecule has 134 valence electrons. The maximum Gasteiger partial charge on any atom is 0.0992 e. The highest BCUT2D eigenvalue weighted by Gasteiger charge is 2.48. The van der Waals surface area contributed by atoms with Crippen LogP contribution in [0.1, 0.15) is 51.2 Å². The van der Waals surface area contributed by atoms with Crippen molar-refractivity contribution in [2.75, 3.05) is 18.1 Å². The number of hydrogen-bond acceptors (Lipinski definition) is 2. The topological polar surface area (TPSA) is 27.0 Å². The molecular formula is C22H29FN2. The van der Waals surface area contributed by atoms with Gasteiger partial charge in [0.1, 0.15) is 0 Å². The average molecular weight is 340 g/mol. The van der Waals surface area contributed by atoms with Gasteiger partial charge in [0, 0.05) is 17.6 Å². The van der Waals surface area contributed by atoms with E-state index in [1.165, 1.54) is 11.1 Å². The van der Waals surface area contributed by atoms with Gasteiger partial charge in [0.25, 0.3) is 0 Å². The molecule has 0 amide bonds. The maximum absolute atomic E-state index is 14.0. The Kier molecular flexibility index (Phi) is 5.72. The second-order valence-electron chi connectivity index (χ2n) is 7.80. The first kappa shape index (κ1) is 19.2. The molecule has 2 rings (SSSR count). The molecule has 0 aliphatic heterocycles. The molecule has 0 bridgehead atoms. The molecule has 0 spiro atoms. The molecule has 1 saturated carbocycles. The summed E-state index contributed by atoms with van der Waals surface area (Å²) in [5, 5.41) is 9.25. The summed E-state index contributed by atoms with van der Waals surface area (Å²) in [4.78, 5) is 2.09. The van der Waals surface area contributed by atoms with Crippen LogP contribution in [0.3, 0.4) is 0 Å². The molecule has 1 aromatic carbocycles. The molecule has 0 heterocycles. The molecule has 0 N–H and O–H groups in total. The molecule has 25 heavy (non-hydrogen) atoms. The first-order chi connectivity index (χ1) is 11.8. The van der Waals surface area contributed by atoms with Crippen LogP contribution in [0.5, 0.6) is 0 Å². The number of halogens is 1. The number of rotatable bonds is 6. The Balaban J connectivity index is 2.43. The molecule has 1 aliphatic rings. The zero-order valence-electron chi connectivity index (χ0n) is 15.7. The third-order valence-electron chi connectivity index (χ3n) is 6.07. The fraction of sp³-hybridized carbons (Fsp3) is 0.500. The van der Waals surface area contributed by atoms with Crippen LogP contribution in [0.25, 0.3) is 0 Å². The van der Waals surface area contributed by atoms with Crippen molar-refractivity contribution in [3.05, 3.63) is 54.3 Å². The van der Waals surface area contributed by atoms with Gasteiger partial charge in [-0.25, -0.2) is 0 Å². The van der Waals surface area contributed by atoms with Gasteiger partial charge in [-0.05, 0) is 55.0 Å². The van der Waals surface area contributed by atoms with E-state index in [9.17, 15) is 9.65 Å². The molecule has 1 aromatic rings. The quantitative estimate of drug-likeness (QED) is 0.613. The second-order valence-corrected chi connectivity index (χ2v) is 7.80. The van der Waals surface area contributed by atoms with Crippen LogP contribution in [-0.2, 0) is 6.42 Å². The van der Waals surface area contributed by atoms with Crippen molar-refractivity contribution < 1.29 is 4.39 Å². The SMILES string of the molecule is C=CN(CC1(C)CC(=C)CCC1(C)CF)c1cc(C#N)ccc1CC. The third-order valence-corrected chi connectivity index (χ3v) is 6.07. The highest BCUT2D eigenvalue weighted by atomic mass is 19.1. The average Bonchev–Trinajstić information content (AvgIpc) is 2.62. The van der Waals surface area contributed by atoms with E-state index < -0.39 is 0 Å². The highest BCUT2D eigenvalue weighted by molar-refractivity contribution is 5.59. The Bertz CT molecular complexity index is 702. The lowest BCUT2D eigenvalue weighted by Crippen LogP contribution is -2.49. The fourth-order valence-electron chi connectivity index (χ4n) is 3.91. The van der Waals surface area contributed by atoms with Gasteiger partial charge in [0.15, 0.2) is 0 Å². The number of allylic oxidation sites excluding steroid dienone is 1. The Morgan fingerprint density at radius 2 is 2.08 bits per heavy atom. The molecule has 2 nitrogen and oxygen atoms in total. The summed E-state index contributed by atoms with van der Waals surface area (Å²) in [6.45, 7) is 14.8. The first-order valence-corrected chi connectivity index (χ1v) is 8.97. The fourth-order valence-corrected chi connectivity index (χ4v) is 3.91. The third kappa shape index (κ3) is 3.63. The minimum Gasteiger partial charge on any atom is -0.348 e. The summed E-state index contributed by atoms with van der Waals surface area (Å²) in [5.74, 6) is 0. The van der Waals surface area contributed by atoms with E-state index in [-0.39, 0.29) is 17.5 Å². The van der Waals surface area contributed by atoms with Crippen molar-refractivity contribution in [2.45, 2.75) is 46.5 Å². The monoisotopic (exact) mass is 340 g/mol. The van der Waals surface area contributed by atoms with Crippen molar-refractivity contribution in [2.24, 2.45) is 10.8 Å². The van der Waals surface area contributed by atoms with Gasteiger partial charge in [-0.15, -0.1) is 0 Å². The molecule has 0 saturated heterocycles. The predicted octanol–water partition coefficient (Wildman–Crippen LogP) is 5.79. The van der Waals surface area contributed by atoms with Crippen molar-refractivity contribution in [1.82, 2.24) is 0 Å². The van der Waals surface area contributed by atoms with Crippen LogP contribution in [0.15, 0.2) is 43.1 Å². The summed E-state index contributed by atoms with van der Waals surface area (Å²) in [5.41, 5.74) is 3.37. The summed E-state index contributed by atoms with van der Waals surface area (Å²) in [6.07, 6.45) is 5.21. The number of benzene rings is 1. The number of hydrogen-bond donors (Lipinski definition) is 0. The van der Waals surface area contributed by atoms with Crippen LogP contribution >= 0.6 is 0 Å². The minimum atomic E-state index is -0.380. The van der Waals surface area contributed by atoms with Crippen LogP contribution in [0.2, 0.25) is 0 Å². The van der Waals surface area contributed by atoms with E-state index in [0.29, 0.717) is 12.1 Å². The highest BCUT2D eigenvalue weighted by Crippen LogP contribution is 2.52. The van der Waals surface area contributed by atoms with Crippen molar-refractivity contribution in [1.29, 1.82) is 5.26 Å². The molecule has 1 fully saturated rings. The van der Waals surface area contributed by atoms with Crippen LogP contribution in [-0.4, -0.2) is 13.2 Å². The van der Waals surface area contributed by atoms with E-state index in [2.05, 4.69) is 38.0 Å². The predicted molar refractivity (Wildman–Crippen MR) is 103 cm³/mol. The van der Waals surface area contributed by atoms with Gasteiger partial charge in [-0.1, -0.05) is 45.6 Å². The number of nitrogens with zero attached hydrogens (tertiary/aromatic N) is 2. The Morgan fingerprint density at radius 3 is 2.64 bits per heavy atom. The van der Waals surface area contributed by atoms with E-state index in [4.69, 9.17) is 0 Å². The number of nitriles is 1. The lowest BCUT2D eigenvalue weighted by atomic mass is 9.57. The summed E-state index contributed by atoms with van der Waals surface area (Å²) in [7, 11) is 0. The van der Waals surface area contributed by atoms with E-state index in [1.807, 2.05) is 25.1 Å². The van der Waals surface area contributed by atoms with Crippen LogP contribution in [0, 0.1) is 22.2 Å². The normalized spacial score (nSPS) is 26.1. The Hall–Kier alpha value is -2.08. The van der Waals surface area contributed by atoms with Crippen LogP contribution < -0.4 is 4.90 Å². The maximum atomic E-state index is 14.0. The van der Waals surface area contributed by atoms with Gasteiger partial charge < -0.3 is 4.90 Å². The van der Waals surface area contributed by atoms with Crippen molar-refractivity contribution in [3.8, 4) is 6.07 Å². The van der Waals surface area contributed by atoms with Crippen molar-refractivity contribution >= 4 is 5.69 Å². The standard InChI is InChI=1S/C22H29FN2/c1-6-19-9-8-18(14-24)12-20(19)25(7-2)16-22(5)13-17(3)10-11-21(22,4)15-23/h7-9,12H,2-3,6,10-11,13,15-16H2,1,4-5H3. The first-order valence-electron chi connectivity index (χ1n) is 8.97. The largest absolute Gasteiger partial charge is 0.348 e. The minimum absolute atomic E-state index is 0.237.